The maximum atomic E-state index is 12.0. The van der Waals surface area contributed by atoms with E-state index in [1.807, 2.05) is 13.8 Å². The molecule has 0 radical (unpaired) electrons. The van der Waals surface area contributed by atoms with Crippen molar-refractivity contribution in [3.8, 4) is 12.3 Å². The molecule has 0 aromatic heterocycles. The van der Waals surface area contributed by atoms with Gasteiger partial charge in [-0.2, -0.15) is 0 Å². The molecule has 2 rings (SSSR count). The minimum absolute atomic E-state index is 0.0959. The van der Waals surface area contributed by atoms with Crippen LogP contribution >= 0.6 is 0 Å². The predicted molar refractivity (Wildman–Crippen MR) is 64.3 cm³/mol. The fraction of sp³-hybridized carbons (Fsp3) is 0.714. The highest BCUT2D eigenvalue weighted by Gasteiger charge is 2.56. The van der Waals surface area contributed by atoms with Crippen LogP contribution in [0.25, 0.3) is 0 Å². The van der Waals surface area contributed by atoms with Gasteiger partial charge in [0.05, 0.1) is 11.8 Å². The van der Waals surface area contributed by atoms with Gasteiger partial charge in [0.2, 0.25) is 0 Å². The summed E-state index contributed by atoms with van der Waals surface area (Å²) in [5.74, 6) is 1.20. The highest BCUT2D eigenvalue weighted by molar-refractivity contribution is 5.84. The minimum Gasteiger partial charge on any atom is -0.464 e. The summed E-state index contributed by atoms with van der Waals surface area (Å²) in [5.41, 5.74) is -0.392. The third-order valence-electron chi connectivity index (χ3n) is 3.86. The van der Waals surface area contributed by atoms with Gasteiger partial charge in [-0.05, 0) is 19.3 Å². The summed E-state index contributed by atoms with van der Waals surface area (Å²) >= 11 is 0. The maximum absolute atomic E-state index is 12.0. The van der Waals surface area contributed by atoms with E-state index in [1.54, 1.807) is 0 Å². The number of fused-ring (bicyclic) bond motifs is 2. The van der Waals surface area contributed by atoms with E-state index in [2.05, 4.69) is 5.92 Å². The number of esters is 2. The monoisotopic (exact) mass is 250 g/mol. The van der Waals surface area contributed by atoms with Crippen LogP contribution in [0.4, 0.5) is 0 Å². The van der Waals surface area contributed by atoms with Crippen LogP contribution in [0.1, 0.15) is 33.1 Å². The number of terminal acetylenes is 1. The molecule has 1 heterocycles. The second-order valence-corrected chi connectivity index (χ2v) is 5.51. The van der Waals surface area contributed by atoms with Gasteiger partial charge in [-0.1, -0.05) is 6.92 Å². The summed E-state index contributed by atoms with van der Waals surface area (Å²) in [6.07, 6.45) is 6.84. The van der Waals surface area contributed by atoms with Crippen molar-refractivity contribution < 1.29 is 19.1 Å². The van der Waals surface area contributed by atoms with Gasteiger partial charge in [0, 0.05) is 12.8 Å². The molecule has 2 aliphatic rings. The molecule has 1 saturated heterocycles. The second kappa shape index (κ2) is 4.64. The van der Waals surface area contributed by atoms with E-state index in [9.17, 15) is 9.59 Å². The Bertz CT molecular complexity index is 409. The van der Waals surface area contributed by atoms with Gasteiger partial charge in [0.25, 0.3) is 0 Å². The molecule has 2 fully saturated rings. The van der Waals surface area contributed by atoms with E-state index in [-0.39, 0.29) is 36.3 Å². The lowest BCUT2D eigenvalue weighted by Gasteiger charge is -2.34. The summed E-state index contributed by atoms with van der Waals surface area (Å²) < 4.78 is 10.5. The third-order valence-corrected chi connectivity index (χ3v) is 3.86. The molecular formula is C14H18O4. The minimum atomic E-state index is -0.392. The standard InChI is InChI=1S/C14H18O4/c1-4-5-6-17-13(16)11-9(2)7-14(3)8-10(11)12(15)18-14/h1,9-11H,5-8H2,2-3H3/t9-,10-,11+,14+/m1/s1. The Morgan fingerprint density at radius 3 is 3.00 bits per heavy atom. The average Bonchev–Trinajstić information content (AvgIpc) is 2.50. The molecule has 4 nitrogen and oxygen atoms in total. The van der Waals surface area contributed by atoms with Crippen LogP contribution in [0, 0.1) is 30.1 Å². The molecule has 1 aliphatic carbocycles. The smallest absolute Gasteiger partial charge is 0.310 e. The largest absolute Gasteiger partial charge is 0.464 e. The van der Waals surface area contributed by atoms with Crippen molar-refractivity contribution in [3.63, 3.8) is 0 Å². The fourth-order valence-electron chi connectivity index (χ4n) is 3.22. The molecule has 0 N–H and O–H groups in total. The van der Waals surface area contributed by atoms with Crippen LogP contribution in [0.2, 0.25) is 0 Å². The van der Waals surface area contributed by atoms with Crippen LogP contribution < -0.4 is 0 Å². The summed E-state index contributed by atoms with van der Waals surface area (Å²) in [5, 5.41) is 0. The molecule has 0 unspecified atom stereocenters. The molecular weight excluding hydrogens is 232 g/mol. The summed E-state index contributed by atoms with van der Waals surface area (Å²) in [6.45, 7) is 4.12. The number of hydrogen-bond donors (Lipinski definition) is 0. The van der Waals surface area contributed by atoms with Crippen molar-refractivity contribution in [2.75, 3.05) is 6.61 Å². The number of carbonyl (C=O) groups excluding carboxylic acids is 2. The van der Waals surface area contributed by atoms with Gasteiger partial charge in [0.15, 0.2) is 0 Å². The molecule has 18 heavy (non-hydrogen) atoms. The Balaban J connectivity index is 2.06. The van der Waals surface area contributed by atoms with Crippen molar-refractivity contribution >= 4 is 11.9 Å². The van der Waals surface area contributed by atoms with Gasteiger partial charge in [-0.25, -0.2) is 0 Å². The first-order valence-electron chi connectivity index (χ1n) is 6.30. The lowest BCUT2D eigenvalue weighted by atomic mass is 9.69. The Hall–Kier alpha value is -1.50. The summed E-state index contributed by atoms with van der Waals surface area (Å²) in [7, 11) is 0. The topological polar surface area (TPSA) is 52.6 Å². The highest BCUT2D eigenvalue weighted by atomic mass is 16.6. The van der Waals surface area contributed by atoms with Gasteiger partial charge in [-0.3, -0.25) is 9.59 Å². The zero-order chi connectivity index (χ0) is 13.3. The average molecular weight is 250 g/mol. The third kappa shape index (κ3) is 2.22. The van der Waals surface area contributed by atoms with Crippen molar-refractivity contribution in [3.05, 3.63) is 0 Å². The van der Waals surface area contributed by atoms with Gasteiger partial charge >= 0.3 is 11.9 Å². The molecule has 4 heteroatoms. The molecule has 1 aliphatic heterocycles. The van der Waals surface area contributed by atoms with Gasteiger partial charge in [-0.15, -0.1) is 12.3 Å². The number of hydrogen-bond acceptors (Lipinski definition) is 4. The first kappa shape index (κ1) is 12.9. The molecule has 0 aromatic carbocycles. The molecule has 0 amide bonds. The van der Waals surface area contributed by atoms with Crippen molar-refractivity contribution in [2.45, 2.75) is 38.7 Å². The van der Waals surface area contributed by atoms with Crippen molar-refractivity contribution in [1.82, 2.24) is 0 Å². The Morgan fingerprint density at radius 2 is 2.33 bits per heavy atom. The summed E-state index contributed by atoms with van der Waals surface area (Å²) in [6, 6.07) is 0. The molecule has 2 bridgehead atoms. The van der Waals surface area contributed by atoms with Gasteiger partial charge < -0.3 is 9.47 Å². The summed E-state index contributed by atoms with van der Waals surface area (Å²) in [4.78, 5) is 23.8. The Labute approximate surface area is 107 Å². The molecule has 0 spiro atoms. The van der Waals surface area contributed by atoms with Crippen LogP contribution in [0.15, 0.2) is 0 Å². The Morgan fingerprint density at radius 1 is 1.61 bits per heavy atom. The zero-order valence-corrected chi connectivity index (χ0v) is 10.8. The molecule has 98 valence electrons. The van der Waals surface area contributed by atoms with Gasteiger partial charge in [0.1, 0.15) is 12.2 Å². The normalized spacial score (nSPS) is 37.8. The highest BCUT2D eigenvalue weighted by Crippen LogP contribution is 2.48. The second-order valence-electron chi connectivity index (χ2n) is 5.51. The van der Waals surface area contributed by atoms with Crippen molar-refractivity contribution in [1.29, 1.82) is 0 Å². The quantitative estimate of drug-likeness (QED) is 0.433. The maximum Gasteiger partial charge on any atom is 0.310 e. The van der Waals surface area contributed by atoms with Crippen molar-refractivity contribution in [2.24, 2.45) is 17.8 Å². The van der Waals surface area contributed by atoms with E-state index in [4.69, 9.17) is 15.9 Å². The molecule has 4 atom stereocenters. The van der Waals surface area contributed by atoms with E-state index in [1.165, 1.54) is 0 Å². The number of carbonyl (C=O) groups is 2. The fourth-order valence-corrected chi connectivity index (χ4v) is 3.22. The number of ether oxygens (including phenoxy) is 2. The van der Waals surface area contributed by atoms with E-state index in [0.717, 1.165) is 0 Å². The van der Waals surface area contributed by atoms with Crippen LogP contribution in [-0.2, 0) is 19.1 Å². The predicted octanol–water partition coefficient (Wildman–Crippen LogP) is 1.53. The van der Waals surface area contributed by atoms with E-state index >= 15 is 0 Å². The Kier molecular flexibility index (Phi) is 3.34. The molecule has 1 saturated carbocycles. The lowest BCUT2D eigenvalue weighted by Crippen LogP contribution is -2.40. The SMILES string of the molecule is C#CCCOC(=O)[C@H]1[C@H](C)C[C@@]2(C)C[C@H]1C(=O)O2. The van der Waals surface area contributed by atoms with E-state index < -0.39 is 5.60 Å². The lowest BCUT2D eigenvalue weighted by molar-refractivity contribution is -0.156. The molecule has 0 aromatic rings. The number of rotatable bonds is 3. The van der Waals surface area contributed by atoms with Crippen LogP contribution in [0.5, 0.6) is 0 Å². The first-order valence-corrected chi connectivity index (χ1v) is 6.30. The first-order chi connectivity index (χ1) is 8.47. The zero-order valence-electron chi connectivity index (χ0n) is 10.8. The van der Waals surface area contributed by atoms with E-state index in [0.29, 0.717) is 19.3 Å². The van der Waals surface area contributed by atoms with Crippen LogP contribution in [-0.4, -0.2) is 24.1 Å². The van der Waals surface area contributed by atoms with Crippen LogP contribution in [0.3, 0.4) is 0 Å².